The van der Waals surface area contributed by atoms with Crippen LogP contribution in [0.5, 0.6) is 0 Å². The van der Waals surface area contributed by atoms with Gasteiger partial charge in [-0.2, -0.15) is 0 Å². The maximum absolute atomic E-state index is 12.4. The first kappa shape index (κ1) is 16.3. The minimum atomic E-state index is -3.80. The SMILES string of the molecule is CC(=O)Nc1cccc(NS(=O)(=O)c2ccc(C)cc2Cl)c1. The molecule has 0 spiro atoms. The molecule has 0 saturated carbocycles. The summed E-state index contributed by atoms with van der Waals surface area (Å²) >= 11 is 6.00. The van der Waals surface area contributed by atoms with Gasteiger partial charge in [0.25, 0.3) is 10.0 Å². The van der Waals surface area contributed by atoms with Gasteiger partial charge < -0.3 is 5.32 Å². The molecule has 0 bridgehead atoms. The summed E-state index contributed by atoms with van der Waals surface area (Å²) in [7, 11) is -3.80. The zero-order valence-corrected chi connectivity index (χ0v) is 13.6. The number of halogens is 1. The predicted octanol–water partition coefficient (Wildman–Crippen LogP) is 3.41. The van der Waals surface area contributed by atoms with Gasteiger partial charge in [-0.15, -0.1) is 0 Å². The van der Waals surface area contributed by atoms with Gasteiger partial charge in [-0.25, -0.2) is 8.42 Å². The summed E-state index contributed by atoms with van der Waals surface area (Å²) in [6.45, 7) is 3.20. The van der Waals surface area contributed by atoms with Crippen LogP contribution < -0.4 is 10.0 Å². The number of anilines is 2. The lowest BCUT2D eigenvalue weighted by Gasteiger charge is -2.11. The Morgan fingerprint density at radius 3 is 2.41 bits per heavy atom. The Labute approximate surface area is 134 Å². The molecule has 0 heterocycles. The van der Waals surface area contributed by atoms with E-state index >= 15 is 0 Å². The standard InChI is InChI=1S/C15H15ClN2O3S/c1-10-6-7-15(14(16)8-10)22(20,21)18-13-5-3-4-12(9-13)17-11(2)19/h3-9,18H,1-2H3,(H,17,19). The Morgan fingerprint density at radius 2 is 1.77 bits per heavy atom. The van der Waals surface area contributed by atoms with Gasteiger partial charge in [-0.1, -0.05) is 23.7 Å². The summed E-state index contributed by atoms with van der Waals surface area (Å²) in [4.78, 5) is 11.0. The average Bonchev–Trinajstić information content (AvgIpc) is 2.36. The Balaban J connectivity index is 2.30. The van der Waals surface area contributed by atoms with E-state index in [-0.39, 0.29) is 15.8 Å². The maximum Gasteiger partial charge on any atom is 0.263 e. The number of nitrogens with one attached hydrogen (secondary N) is 2. The second kappa shape index (κ2) is 6.37. The largest absolute Gasteiger partial charge is 0.326 e. The predicted molar refractivity (Wildman–Crippen MR) is 87.7 cm³/mol. The van der Waals surface area contributed by atoms with Crippen LogP contribution in [0.2, 0.25) is 5.02 Å². The summed E-state index contributed by atoms with van der Waals surface area (Å²) in [5.41, 5.74) is 1.71. The number of sulfonamides is 1. The van der Waals surface area contributed by atoms with Crippen molar-refractivity contribution in [2.75, 3.05) is 10.0 Å². The van der Waals surface area contributed by atoms with Crippen LogP contribution in [0.4, 0.5) is 11.4 Å². The molecule has 0 radical (unpaired) electrons. The third-order valence-corrected chi connectivity index (χ3v) is 4.68. The fourth-order valence-electron chi connectivity index (χ4n) is 1.90. The number of rotatable bonds is 4. The molecule has 2 aromatic carbocycles. The van der Waals surface area contributed by atoms with Gasteiger partial charge in [0, 0.05) is 12.6 Å². The minimum absolute atomic E-state index is 0.00435. The molecule has 22 heavy (non-hydrogen) atoms. The summed E-state index contributed by atoms with van der Waals surface area (Å²) in [6, 6.07) is 11.1. The monoisotopic (exact) mass is 338 g/mol. The van der Waals surface area contributed by atoms with Crippen molar-refractivity contribution in [3.8, 4) is 0 Å². The quantitative estimate of drug-likeness (QED) is 0.897. The third-order valence-electron chi connectivity index (χ3n) is 2.81. The molecule has 0 unspecified atom stereocenters. The first-order valence-corrected chi connectivity index (χ1v) is 8.31. The van der Waals surface area contributed by atoms with Crippen LogP contribution in [0.1, 0.15) is 12.5 Å². The van der Waals surface area contributed by atoms with Crippen molar-refractivity contribution in [1.29, 1.82) is 0 Å². The molecule has 0 fully saturated rings. The molecule has 2 rings (SSSR count). The second-order valence-corrected chi connectivity index (χ2v) is 6.86. The van der Waals surface area contributed by atoms with Crippen LogP contribution in [0.25, 0.3) is 0 Å². The smallest absolute Gasteiger partial charge is 0.263 e. The summed E-state index contributed by atoms with van der Waals surface area (Å²) in [6.07, 6.45) is 0. The van der Waals surface area contributed by atoms with E-state index in [1.807, 2.05) is 6.92 Å². The normalized spacial score (nSPS) is 11.0. The average molecular weight is 339 g/mol. The van der Waals surface area contributed by atoms with E-state index in [4.69, 9.17) is 11.6 Å². The highest BCUT2D eigenvalue weighted by molar-refractivity contribution is 7.92. The van der Waals surface area contributed by atoms with Gasteiger partial charge in [0.2, 0.25) is 5.91 Å². The number of carbonyl (C=O) groups excluding carboxylic acids is 1. The van der Waals surface area contributed by atoms with Crippen molar-refractivity contribution < 1.29 is 13.2 Å². The van der Waals surface area contributed by atoms with Crippen LogP contribution in [0.3, 0.4) is 0 Å². The van der Waals surface area contributed by atoms with E-state index in [9.17, 15) is 13.2 Å². The molecule has 0 aliphatic heterocycles. The lowest BCUT2D eigenvalue weighted by Crippen LogP contribution is -2.14. The van der Waals surface area contributed by atoms with E-state index in [0.717, 1.165) is 5.56 Å². The van der Waals surface area contributed by atoms with Gasteiger partial charge in [0.05, 0.1) is 10.7 Å². The first-order valence-electron chi connectivity index (χ1n) is 6.44. The third kappa shape index (κ3) is 3.99. The molecule has 7 heteroatoms. The molecule has 2 N–H and O–H groups in total. The fourth-order valence-corrected chi connectivity index (χ4v) is 3.55. The molecule has 2 aromatic rings. The van der Waals surface area contributed by atoms with Crippen molar-refractivity contribution >= 4 is 38.9 Å². The zero-order chi connectivity index (χ0) is 16.3. The number of benzene rings is 2. The lowest BCUT2D eigenvalue weighted by atomic mass is 10.2. The van der Waals surface area contributed by atoms with E-state index in [0.29, 0.717) is 11.4 Å². The Kier molecular flexibility index (Phi) is 4.73. The fraction of sp³-hybridized carbons (Fsp3) is 0.133. The van der Waals surface area contributed by atoms with Crippen molar-refractivity contribution in [2.45, 2.75) is 18.7 Å². The second-order valence-electron chi connectivity index (χ2n) is 4.80. The minimum Gasteiger partial charge on any atom is -0.326 e. The molecule has 0 aromatic heterocycles. The topological polar surface area (TPSA) is 75.3 Å². The van der Waals surface area contributed by atoms with Crippen molar-refractivity contribution in [3.05, 3.63) is 53.1 Å². The summed E-state index contributed by atoms with van der Waals surface area (Å²) in [5, 5.41) is 2.75. The number of hydrogen-bond acceptors (Lipinski definition) is 3. The number of amides is 1. The van der Waals surface area contributed by atoms with Gasteiger partial charge in [0.1, 0.15) is 4.90 Å². The van der Waals surface area contributed by atoms with Gasteiger partial charge >= 0.3 is 0 Å². The molecule has 0 atom stereocenters. The van der Waals surface area contributed by atoms with Crippen molar-refractivity contribution in [2.24, 2.45) is 0 Å². The molecule has 1 amide bonds. The van der Waals surface area contributed by atoms with Gasteiger partial charge in [-0.3, -0.25) is 9.52 Å². The molecule has 0 aliphatic rings. The molecule has 5 nitrogen and oxygen atoms in total. The van der Waals surface area contributed by atoms with E-state index in [1.54, 1.807) is 30.3 Å². The van der Waals surface area contributed by atoms with Gasteiger partial charge in [-0.05, 0) is 42.8 Å². The molecule has 116 valence electrons. The first-order chi connectivity index (χ1) is 10.3. The molecule has 0 aliphatic carbocycles. The molecular weight excluding hydrogens is 324 g/mol. The molecular formula is C15H15ClN2O3S. The van der Waals surface area contributed by atoms with Crippen LogP contribution in [-0.4, -0.2) is 14.3 Å². The Bertz CT molecular complexity index is 819. The summed E-state index contributed by atoms with van der Waals surface area (Å²) < 4.78 is 27.2. The van der Waals surface area contributed by atoms with Crippen LogP contribution in [0, 0.1) is 6.92 Å². The summed E-state index contributed by atoms with van der Waals surface area (Å²) in [5.74, 6) is -0.235. The van der Waals surface area contributed by atoms with Crippen LogP contribution >= 0.6 is 11.6 Å². The van der Waals surface area contributed by atoms with E-state index in [2.05, 4.69) is 10.0 Å². The highest BCUT2D eigenvalue weighted by atomic mass is 35.5. The van der Waals surface area contributed by atoms with Crippen molar-refractivity contribution in [3.63, 3.8) is 0 Å². The molecule has 0 saturated heterocycles. The highest BCUT2D eigenvalue weighted by Gasteiger charge is 2.18. The highest BCUT2D eigenvalue weighted by Crippen LogP contribution is 2.25. The lowest BCUT2D eigenvalue weighted by molar-refractivity contribution is -0.114. The van der Waals surface area contributed by atoms with Crippen LogP contribution in [-0.2, 0) is 14.8 Å². The Morgan fingerprint density at radius 1 is 1.09 bits per heavy atom. The van der Waals surface area contributed by atoms with Crippen LogP contribution in [0.15, 0.2) is 47.4 Å². The Hall–Kier alpha value is -2.05. The maximum atomic E-state index is 12.4. The zero-order valence-electron chi connectivity index (χ0n) is 12.1. The van der Waals surface area contributed by atoms with Crippen molar-refractivity contribution in [1.82, 2.24) is 0 Å². The number of carbonyl (C=O) groups is 1. The van der Waals surface area contributed by atoms with Gasteiger partial charge in [0.15, 0.2) is 0 Å². The van der Waals surface area contributed by atoms with E-state index in [1.165, 1.54) is 19.1 Å². The van der Waals surface area contributed by atoms with E-state index < -0.39 is 10.0 Å². The number of aryl methyl sites for hydroxylation is 1. The number of hydrogen-bond donors (Lipinski definition) is 2.